The maximum Gasteiger partial charge on any atom is 0.314 e. The van der Waals surface area contributed by atoms with Crippen LogP contribution in [0.15, 0.2) is 30.3 Å². The Balaban J connectivity index is 2.41. The number of aliphatic hydroxyl groups is 1. The summed E-state index contributed by atoms with van der Waals surface area (Å²) in [4.78, 5) is 11.9. The average Bonchev–Trinajstić information content (AvgIpc) is 2.45. The maximum absolute atomic E-state index is 11.9. The molecule has 0 aromatic heterocycles. The normalized spacial score (nSPS) is 15.2. The number of carbonyl (C=O) groups excluding carboxylic acids is 1. The molecule has 124 valence electrons. The average molecular weight is 306 g/mol. The first kappa shape index (κ1) is 18.5. The quantitative estimate of drug-likeness (QED) is 0.691. The minimum atomic E-state index is -0.330. The summed E-state index contributed by atoms with van der Waals surface area (Å²) in [6.45, 7) is 9.33. The van der Waals surface area contributed by atoms with Gasteiger partial charge in [-0.2, -0.15) is 0 Å². The largest absolute Gasteiger partial charge is 0.393 e. The molecule has 0 heterocycles. The molecule has 0 aliphatic heterocycles. The third-order valence-corrected chi connectivity index (χ3v) is 3.87. The molecule has 0 saturated carbocycles. The fraction of sp³-hybridized carbons (Fsp3) is 0.611. The van der Waals surface area contributed by atoms with Crippen LogP contribution < -0.4 is 10.6 Å². The molecule has 1 rings (SSSR count). The van der Waals surface area contributed by atoms with Gasteiger partial charge in [-0.05, 0) is 30.7 Å². The van der Waals surface area contributed by atoms with Gasteiger partial charge in [0.25, 0.3) is 0 Å². The Labute approximate surface area is 134 Å². The second kappa shape index (κ2) is 9.46. The van der Waals surface area contributed by atoms with Crippen molar-refractivity contribution in [2.24, 2.45) is 11.8 Å². The summed E-state index contributed by atoms with van der Waals surface area (Å²) in [6.07, 6.45) is 0.363. The monoisotopic (exact) mass is 306 g/mol. The summed E-state index contributed by atoms with van der Waals surface area (Å²) in [7, 11) is 0. The summed E-state index contributed by atoms with van der Waals surface area (Å²) in [6, 6.07) is 10.1. The molecule has 0 aliphatic rings. The van der Waals surface area contributed by atoms with Gasteiger partial charge in [-0.15, -0.1) is 0 Å². The summed E-state index contributed by atoms with van der Waals surface area (Å²) >= 11 is 0. The Morgan fingerprint density at radius 1 is 1.05 bits per heavy atom. The molecule has 0 fully saturated rings. The molecule has 0 radical (unpaired) electrons. The van der Waals surface area contributed by atoms with Crippen molar-refractivity contribution in [1.29, 1.82) is 0 Å². The van der Waals surface area contributed by atoms with E-state index in [0.717, 1.165) is 0 Å². The molecule has 3 atom stereocenters. The zero-order chi connectivity index (χ0) is 16.5. The number of carbonyl (C=O) groups is 1. The van der Waals surface area contributed by atoms with Crippen LogP contribution in [0.3, 0.4) is 0 Å². The Bertz CT molecular complexity index is 432. The van der Waals surface area contributed by atoms with Crippen molar-refractivity contribution in [3.63, 3.8) is 0 Å². The van der Waals surface area contributed by atoms with Crippen LogP contribution in [0.25, 0.3) is 0 Å². The minimum Gasteiger partial charge on any atom is -0.393 e. The molecule has 0 spiro atoms. The molecular formula is C18H30N2O2. The molecule has 1 aromatic carbocycles. The lowest BCUT2D eigenvalue weighted by molar-refractivity contribution is 0.163. The minimum absolute atomic E-state index is 0.140. The van der Waals surface area contributed by atoms with Gasteiger partial charge in [-0.25, -0.2) is 4.79 Å². The molecule has 1 aromatic rings. The van der Waals surface area contributed by atoms with Gasteiger partial charge in [0.05, 0.1) is 6.10 Å². The number of urea groups is 1. The number of benzene rings is 1. The standard InChI is InChI=1S/C18H30N2O2/c1-13(2)17(16-8-6-5-7-9-16)12-20-18(22)19-11-14(3)10-15(4)21/h5-9,13-15,17,21H,10-12H2,1-4H3,(H2,19,20,22). The highest BCUT2D eigenvalue weighted by Gasteiger charge is 2.16. The summed E-state index contributed by atoms with van der Waals surface area (Å²) in [5.74, 6) is 1.03. The zero-order valence-electron chi connectivity index (χ0n) is 14.2. The number of hydrogen-bond acceptors (Lipinski definition) is 2. The SMILES string of the molecule is CC(O)CC(C)CNC(=O)NCC(c1ccccc1)C(C)C. The van der Waals surface area contributed by atoms with E-state index in [1.807, 2.05) is 25.1 Å². The second-order valence-electron chi connectivity index (χ2n) is 6.54. The molecule has 3 unspecified atom stereocenters. The van der Waals surface area contributed by atoms with E-state index in [1.165, 1.54) is 5.56 Å². The van der Waals surface area contributed by atoms with Gasteiger partial charge in [0.1, 0.15) is 0 Å². The van der Waals surface area contributed by atoms with Crippen molar-refractivity contribution in [2.45, 2.75) is 46.1 Å². The smallest absolute Gasteiger partial charge is 0.314 e. The number of aliphatic hydroxyl groups excluding tert-OH is 1. The van der Waals surface area contributed by atoms with Crippen LogP contribution in [-0.2, 0) is 0 Å². The molecule has 4 heteroatoms. The highest BCUT2D eigenvalue weighted by atomic mass is 16.3. The summed E-state index contributed by atoms with van der Waals surface area (Å²) < 4.78 is 0. The number of rotatable bonds is 8. The van der Waals surface area contributed by atoms with Crippen molar-refractivity contribution < 1.29 is 9.90 Å². The van der Waals surface area contributed by atoms with Crippen LogP contribution in [0.2, 0.25) is 0 Å². The van der Waals surface area contributed by atoms with E-state index in [9.17, 15) is 9.90 Å². The number of amides is 2. The van der Waals surface area contributed by atoms with Crippen LogP contribution in [0.4, 0.5) is 4.79 Å². The highest BCUT2D eigenvalue weighted by molar-refractivity contribution is 5.73. The first-order valence-electron chi connectivity index (χ1n) is 8.14. The summed E-state index contributed by atoms with van der Waals surface area (Å²) in [5.41, 5.74) is 1.25. The van der Waals surface area contributed by atoms with Gasteiger partial charge in [0, 0.05) is 19.0 Å². The Morgan fingerprint density at radius 2 is 1.64 bits per heavy atom. The van der Waals surface area contributed by atoms with Crippen LogP contribution in [-0.4, -0.2) is 30.3 Å². The lowest BCUT2D eigenvalue weighted by Gasteiger charge is -2.22. The summed E-state index contributed by atoms with van der Waals surface area (Å²) in [5, 5.41) is 15.2. The first-order chi connectivity index (χ1) is 10.4. The van der Waals surface area contributed by atoms with Gasteiger partial charge in [-0.1, -0.05) is 51.1 Å². The Hall–Kier alpha value is -1.55. The van der Waals surface area contributed by atoms with E-state index in [-0.39, 0.29) is 18.1 Å². The van der Waals surface area contributed by atoms with Crippen molar-refractivity contribution in [3.8, 4) is 0 Å². The van der Waals surface area contributed by atoms with Crippen molar-refractivity contribution >= 4 is 6.03 Å². The maximum atomic E-state index is 11.9. The first-order valence-corrected chi connectivity index (χ1v) is 8.14. The Kier molecular flexibility index (Phi) is 7.96. The van der Waals surface area contributed by atoms with Crippen LogP contribution in [0, 0.1) is 11.8 Å². The van der Waals surface area contributed by atoms with Gasteiger partial charge < -0.3 is 15.7 Å². The second-order valence-corrected chi connectivity index (χ2v) is 6.54. The van der Waals surface area contributed by atoms with Gasteiger partial charge >= 0.3 is 6.03 Å². The third-order valence-electron chi connectivity index (χ3n) is 3.87. The number of hydrogen-bond donors (Lipinski definition) is 3. The molecule has 0 aliphatic carbocycles. The van der Waals surface area contributed by atoms with Crippen LogP contribution >= 0.6 is 0 Å². The van der Waals surface area contributed by atoms with Crippen LogP contribution in [0.5, 0.6) is 0 Å². The molecule has 22 heavy (non-hydrogen) atoms. The fourth-order valence-electron chi connectivity index (χ4n) is 2.64. The van der Waals surface area contributed by atoms with Gasteiger partial charge in [0.2, 0.25) is 0 Å². The lowest BCUT2D eigenvalue weighted by Crippen LogP contribution is -2.40. The van der Waals surface area contributed by atoms with Crippen LogP contribution in [0.1, 0.15) is 45.6 Å². The topological polar surface area (TPSA) is 61.4 Å². The van der Waals surface area contributed by atoms with E-state index < -0.39 is 0 Å². The zero-order valence-corrected chi connectivity index (χ0v) is 14.2. The highest BCUT2D eigenvalue weighted by Crippen LogP contribution is 2.23. The fourth-order valence-corrected chi connectivity index (χ4v) is 2.64. The lowest BCUT2D eigenvalue weighted by atomic mass is 9.88. The predicted molar refractivity (Wildman–Crippen MR) is 90.9 cm³/mol. The molecular weight excluding hydrogens is 276 g/mol. The van der Waals surface area contributed by atoms with E-state index in [0.29, 0.717) is 31.3 Å². The van der Waals surface area contributed by atoms with E-state index in [2.05, 4.69) is 36.6 Å². The molecule has 3 N–H and O–H groups in total. The number of nitrogens with one attached hydrogen (secondary N) is 2. The van der Waals surface area contributed by atoms with E-state index >= 15 is 0 Å². The molecule has 0 bridgehead atoms. The Morgan fingerprint density at radius 3 is 2.18 bits per heavy atom. The third kappa shape index (κ3) is 6.94. The molecule has 4 nitrogen and oxygen atoms in total. The van der Waals surface area contributed by atoms with Gasteiger partial charge in [0.15, 0.2) is 0 Å². The van der Waals surface area contributed by atoms with E-state index in [4.69, 9.17) is 0 Å². The van der Waals surface area contributed by atoms with E-state index in [1.54, 1.807) is 6.92 Å². The predicted octanol–water partition coefficient (Wildman–Crippen LogP) is 3.13. The van der Waals surface area contributed by atoms with Gasteiger partial charge in [-0.3, -0.25) is 0 Å². The molecule has 2 amide bonds. The van der Waals surface area contributed by atoms with Crippen molar-refractivity contribution in [3.05, 3.63) is 35.9 Å². The van der Waals surface area contributed by atoms with Crippen molar-refractivity contribution in [1.82, 2.24) is 10.6 Å². The molecule has 0 saturated heterocycles. The van der Waals surface area contributed by atoms with Crippen molar-refractivity contribution in [2.75, 3.05) is 13.1 Å².